The lowest BCUT2D eigenvalue weighted by Crippen LogP contribution is -2.21. The largest absolute Gasteiger partial charge is 0.513 e. The Morgan fingerprint density at radius 3 is 2.87 bits per heavy atom. The van der Waals surface area contributed by atoms with Gasteiger partial charge in [0.1, 0.15) is 5.69 Å². The van der Waals surface area contributed by atoms with Crippen LogP contribution in [-0.4, -0.2) is 22.5 Å². The number of hydrogen-bond donors (Lipinski definition) is 0. The van der Waals surface area contributed by atoms with Gasteiger partial charge in [0.2, 0.25) is 0 Å². The fourth-order valence-electron chi connectivity index (χ4n) is 0.974. The highest BCUT2D eigenvalue weighted by Gasteiger charge is 2.10. The first-order valence-corrected chi connectivity index (χ1v) is 4.44. The molecular formula is C9H12N2O4. The molecule has 1 aromatic heterocycles. The topological polar surface area (TPSA) is 70.4 Å². The first kappa shape index (κ1) is 11.2. The van der Waals surface area contributed by atoms with Gasteiger partial charge in [-0.05, 0) is 13.8 Å². The van der Waals surface area contributed by atoms with Crippen molar-refractivity contribution >= 4 is 6.16 Å². The molecule has 0 saturated carbocycles. The molecule has 6 nitrogen and oxygen atoms in total. The maximum atomic E-state index is 11.2. The highest BCUT2D eigenvalue weighted by molar-refractivity contribution is 5.63. The summed E-state index contributed by atoms with van der Waals surface area (Å²) in [5, 5.41) is 3.86. The van der Waals surface area contributed by atoms with E-state index >= 15 is 0 Å². The molecule has 0 spiro atoms. The van der Waals surface area contributed by atoms with Gasteiger partial charge in [0.05, 0.1) is 6.61 Å². The summed E-state index contributed by atoms with van der Waals surface area (Å²) in [6.45, 7) is 3.51. The van der Waals surface area contributed by atoms with Gasteiger partial charge >= 0.3 is 6.16 Å². The first-order chi connectivity index (χ1) is 7.04. The molecule has 0 unspecified atom stereocenters. The van der Waals surface area contributed by atoms with Gasteiger partial charge in [0.15, 0.2) is 5.75 Å². The minimum Gasteiger partial charge on any atom is -0.434 e. The Hall–Kier alpha value is -1.85. The SMILES string of the molecule is CCOC(=O)Oc1cc(=O)n(C)nc1C. The maximum absolute atomic E-state index is 11.2. The van der Waals surface area contributed by atoms with Gasteiger partial charge in [-0.25, -0.2) is 9.48 Å². The average molecular weight is 212 g/mol. The minimum atomic E-state index is -0.837. The molecule has 1 heterocycles. The number of carbonyl (C=O) groups is 1. The molecule has 0 aliphatic rings. The van der Waals surface area contributed by atoms with Crippen molar-refractivity contribution in [1.82, 2.24) is 9.78 Å². The van der Waals surface area contributed by atoms with Crippen LogP contribution in [0.4, 0.5) is 4.79 Å². The van der Waals surface area contributed by atoms with Gasteiger partial charge in [-0.15, -0.1) is 0 Å². The lowest BCUT2D eigenvalue weighted by Gasteiger charge is -2.06. The maximum Gasteiger partial charge on any atom is 0.513 e. The van der Waals surface area contributed by atoms with E-state index < -0.39 is 6.16 Å². The summed E-state index contributed by atoms with van der Waals surface area (Å²) in [6.07, 6.45) is -0.837. The summed E-state index contributed by atoms with van der Waals surface area (Å²) < 4.78 is 10.5. The molecule has 0 fully saturated rings. The van der Waals surface area contributed by atoms with Crippen LogP contribution in [0.3, 0.4) is 0 Å². The molecule has 0 bridgehead atoms. The van der Waals surface area contributed by atoms with Crippen LogP contribution in [0.25, 0.3) is 0 Å². The van der Waals surface area contributed by atoms with Crippen molar-refractivity contribution in [2.45, 2.75) is 13.8 Å². The quantitative estimate of drug-likeness (QED) is 0.672. The molecule has 1 rings (SSSR count). The van der Waals surface area contributed by atoms with Gasteiger partial charge < -0.3 is 9.47 Å². The van der Waals surface area contributed by atoms with Crippen molar-refractivity contribution in [1.29, 1.82) is 0 Å². The zero-order valence-electron chi connectivity index (χ0n) is 8.81. The number of hydrogen-bond acceptors (Lipinski definition) is 5. The third kappa shape index (κ3) is 2.80. The molecule has 82 valence electrons. The van der Waals surface area contributed by atoms with Crippen LogP contribution < -0.4 is 10.3 Å². The predicted octanol–water partition coefficient (Wildman–Crippen LogP) is 0.624. The van der Waals surface area contributed by atoms with Gasteiger partial charge in [-0.1, -0.05) is 0 Å². The van der Waals surface area contributed by atoms with Crippen LogP contribution in [0.5, 0.6) is 5.75 Å². The van der Waals surface area contributed by atoms with Gasteiger partial charge in [-0.2, -0.15) is 5.10 Å². The molecule has 1 aromatic rings. The summed E-state index contributed by atoms with van der Waals surface area (Å²) in [4.78, 5) is 22.2. The summed E-state index contributed by atoms with van der Waals surface area (Å²) in [5.74, 6) is 0.122. The lowest BCUT2D eigenvalue weighted by atomic mass is 10.4. The molecule has 0 radical (unpaired) electrons. The van der Waals surface area contributed by atoms with Crippen LogP contribution in [0.1, 0.15) is 12.6 Å². The van der Waals surface area contributed by atoms with E-state index in [4.69, 9.17) is 4.74 Å². The molecular weight excluding hydrogens is 200 g/mol. The zero-order chi connectivity index (χ0) is 11.4. The van der Waals surface area contributed by atoms with E-state index in [1.807, 2.05) is 0 Å². The third-order valence-corrected chi connectivity index (χ3v) is 1.69. The van der Waals surface area contributed by atoms with E-state index in [1.54, 1.807) is 13.8 Å². The minimum absolute atomic E-state index is 0.122. The van der Waals surface area contributed by atoms with Crippen LogP contribution in [-0.2, 0) is 11.8 Å². The number of aromatic nitrogens is 2. The van der Waals surface area contributed by atoms with E-state index in [0.29, 0.717) is 5.69 Å². The normalized spacial score (nSPS) is 9.80. The van der Waals surface area contributed by atoms with Crippen LogP contribution in [0.15, 0.2) is 10.9 Å². The smallest absolute Gasteiger partial charge is 0.434 e. The first-order valence-electron chi connectivity index (χ1n) is 4.44. The molecule has 0 saturated heterocycles. The summed E-state index contributed by atoms with van der Waals surface area (Å²) in [6, 6.07) is 1.19. The van der Waals surface area contributed by atoms with Crippen LogP contribution in [0, 0.1) is 6.92 Å². The molecule has 0 atom stereocenters. The Morgan fingerprint density at radius 1 is 1.60 bits per heavy atom. The molecule has 0 amide bonds. The highest BCUT2D eigenvalue weighted by Crippen LogP contribution is 2.11. The number of rotatable bonds is 2. The van der Waals surface area contributed by atoms with E-state index in [-0.39, 0.29) is 17.9 Å². The fourth-order valence-corrected chi connectivity index (χ4v) is 0.974. The summed E-state index contributed by atoms with van der Waals surface area (Å²) in [7, 11) is 1.52. The van der Waals surface area contributed by atoms with Crippen molar-refractivity contribution in [3.05, 3.63) is 22.1 Å². The zero-order valence-corrected chi connectivity index (χ0v) is 8.81. The van der Waals surface area contributed by atoms with Gasteiger partial charge in [0, 0.05) is 13.1 Å². The number of nitrogens with zero attached hydrogens (tertiary/aromatic N) is 2. The Bertz CT molecular complexity index is 425. The molecule has 15 heavy (non-hydrogen) atoms. The third-order valence-electron chi connectivity index (χ3n) is 1.69. The van der Waals surface area contributed by atoms with Crippen molar-refractivity contribution in [2.75, 3.05) is 6.61 Å². The molecule has 0 aliphatic carbocycles. The molecule has 6 heteroatoms. The van der Waals surface area contributed by atoms with E-state index in [0.717, 1.165) is 4.68 Å². The molecule has 0 aromatic carbocycles. The van der Waals surface area contributed by atoms with Crippen molar-refractivity contribution in [3.63, 3.8) is 0 Å². The van der Waals surface area contributed by atoms with Crippen molar-refractivity contribution in [3.8, 4) is 5.75 Å². The Morgan fingerprint density at radius 2 is 2.27 bits per heavy atom. The Labute approximate surface area is 86.4 Å². The van der Waals surface area contributed by atoms with Gasteiger partial charge in [0.25, 0.3) is 5.56 Å². The van der Waals surface area contributed by atoms with Crippen molar-refractivity contribution in [2.24, 2.45) is 7.05 Å². The molecule has 0 N–H and O–H groups in total. The highest BCUT2D eigenvalue weighted by atomic mass is 16.7. The van der Waals surface area contributed by atoms with Crippen LogP contribution in [0.2, 0.25) is 0 Å². The lowest BCUT2D eigenvalue weighted by molar-refractivity contribution is 0.103. The second-order valence-corrected chi connectivity index (χ2v) is 2.84. The Balaban J connectivity index is 2.91. The molecule has 0 aliphatic heterocycles. The van der Waals surface area contributed by atoms with Crippen molar-refractivity contribution < 1.29 is 14.3 Å². The number of ether oxygens (including phenoxy) is 2. The second kappa shape index (κ2) is 4.59. The Kier molecular flexibility index (Phi) is 3.43. The van der Waals surface area contributed by atoms with E-state index in [2.05, 4.69) is 9.84 Å². The monoisotopic (exact) mass is 212 g/mol. The standard InChI is InChI=1S/C9H12N2O4/c1-4-14-9(13)15-7-5-8(12)11(3)10-6(7)2/h5H,4H2,1-3H3. The number of aryl methyl sites for hydroxylation is 2. The van der Waals surface area contributed by atoms with E-state index in [9.17, 15) is 9.59 Å². The van der Waals surface area contributed by atoms with Crippen LogP contribution >= 0.6 is 0 Å². The van der Waals surface area contributed by atoms with Gasteiger partial charge in [-0.3, -0.25) is 4.79 Å². The summed E-state index contributed by atoms with van der Waals surface area (Å²) >= 11 is 0. The average Bonchev–Trinajstić information content (AvgIpc) is 2.14. The summed E-state index contributed by atoms with van der Waals surface area (Å²) in [5.41, 5.74) is 0.102. The fraction of sp³-hybridized carbons (Fsp3) is 0.444. The van der Waals surface area contributed by atoms with E-state index in [1.165, 1.54) is 13.1 Å². The second-order valence-electron chi connectivity index (χ2n) is 2.84. The number of carbonyl (C=O) groups excluding carboxylic acids is 1. The predicted molar refractivity (Wildman–Crippen MR) is 51.9 cm³/mol.